The molecule has 1 fully saturated rings. The van der Waals surface area contributed by atoms with E-state index >= 15 is 0 Å². The average molecular weight is 393 g/mol. The first-order valence-electron chi connectivity index (χ1n) is 9.46. The molecule has 8 nitrogen and oxygen atoms in total. The smallest absolute Gasteiger partial charge is 0.246 e. The van der Waals surface area contributed by atoms with E-state index in [9.17, 15) is 5.11 Å². The third-order valence-electron chi connectivity index (χ3n) is 4.69. The Balaban J connectivity index is 1.58. The van der Waals surface area contributed by atoms with Crippen LogP contribution in [0.25, 0.3) is 11.4 Å². The number of ether oxygens (including phenoxy) is 2. The van der Waals surface area contributed by atoms with Gasteiger partial charge in [-0.3, -0.25) is 4.98 Å². The molecule has 8 heteroatoms. The normalized spacial score (nSPS) is 18.4. The second-order valence-corrected chi connectivity index (χ2v) is 6.81. The fourth-order valence-electron chi connectivity index (χ4n) is 3.14. The van der Waals surface area contributed by atoms with Gasteiger partial charge in [0.25, 0.3) is 0 Å². The number of anilines is 1. The van der Waals surface area contributed by atoms with Crippen LogP contribution in [0.1, 0.15) is 6.42 Å². The Kier molecular flexibility index (Phi) is 5.83. The third-order valence-corrected chi connectivity index (χ3v) is 4.69. The van der Waals surface area contributed by atoms with E-state index in [1.165, 1.54) is 0 Å². The Labute approximate surface area is 169 Å². The number of hydrogen-bond acceptors (Lipinski definition) is 8. The van der Waals surface area contributed by atoms with Crippen molar-refractivity contribution < 1.29 is 14.6 Å². The van der Waals surface area contributed by atoms with Crippen molar-refractivity contribution in [3.05, 3.63) is 55.0 Å². The Bertz CT molecular complexity index is 937. The van der Waals surface area contributed by atoms with E-state index in [2.05, 4.69) is 25.6 Å². The predicted molar refractivity (Wildman–Crippen MR) is 109 cm³/mol. The molecule has 0 spiro atoms. The van der Waals surface area contributed by atoms with Gasteiger partial charge in [-0.05, 0) is 42.8 Å². The summed E-state index contributed by atoms with van der Waals surface area (Å²) in [6.45, 7) is 1.24. The van der Waals surface area contributed by atoms with Crippen molar-refractivity contribution >= 4 is 5.69 Å². The van der Waals surface area contributed by atoms with Crippen LogP contribution in [0.2, 0.25) is 0 Å². The number of methoxy groups -OCH3 is 1. The van der Waals surface area contributed by atoms with E-state index in [4.69, 9.17) is 9.47 Å². The van der Waals surface area contributed by atoms with E-state index in [1.54, 1.807) is 25.7 Å². The Hall–Kier alpha value is -3.23. The summed E-state index contributed by atoms with van der Waals surface area (Å²) in [6.07, 6.45) is 5.53. The number of nitrogens with zero attached hydrogens (tertiary/aromatic N) is 3. The number of aliphatic hydroxyl groups is 1. The summed E-state index contributed by atoms with van der Waals surface area (Å²) in [7, 11) is 1.62. The molecule has 1 aromatic carbocycles. The lowest BCUT2D eigenvalue weighted by Crippen LogP contribution is -2.29. The van der Waals surface area contributed by atoms with Gasteiger partial charge in [-0.2, -0.15) is 4.98 Å². The van der Waals surface area contributed by atoms with Crippen LogP contribution in [0.5, 0.6) is 17.4 Å². The Morgan fingerprint density at radius 1 is 1.17 bits per heavy atom. The molecule has 0 unspecified atom stereocenters. The lowest BCUT2D eigenvalue weighted by molar-refractivity contribution is 0.193. The lowest BCUT2D eigenvalue weighted by atomic mass is 10.2. The zero-order valence-electron chi connectivity index (χ0n) is 16.1. The van der Waals surface area contributed by atoms with Gasteiger partial charge >= 0.3 is 0 Å². The molecular weight excluding hydrogens is 370 g/mol. The zero-order chi connectivity index (χ0) is 20.1. The molecule has 1 aliphatic rings. The molecule has 0 bridgehead atoms. The zero-order valence-corrected chi connectivity index (χ0v) is 16.1. The molecule has 2 aromatic heterocycles. The highest BCUT2D eigenvalue weighted by molar-refractivity contribution is 5.60. The average Bonchev–Trinajstić information content (AvgIpc) is 3.19. The van der Waals surface area contributed by atoms with Gasteiger partial charge in [0.15, 0.2) is 5.82 Å². The van der Waals surface area contributed by atoms with Gasteiger partial charge in [-0.25, -0.2) is 4.98 Å². The van der Waals surface area contributed by atoms with Gasteiger partial charge in [0.2, 0.25) is 5.88 Å². The minimum absolute atomic E-state index is 0.178. The number of β-amino-alcohol motifs (C(OH)–C–C–N with tert-alkyl or cyclic N) is 1. The topological polar surface area (TPSA) is 101 Å². The van der Waals surface area contributed by atoms with Gasteiger partial charge in [0.05, 0.1) is 19.4 Å². The SMILES string of the molecule is COc1ccc(Oc2nc(-c3cccnc3)ncc2NC[C@@H]2C[C@@H](O)CN2)cc1. The van der Waals surface area contributed by atoms with Crippen LogP contribution in [0.15, 0.2) is 55.0 Å². The Morgan fingerprint density at radius 3 is 2.69 bits per heavy atom. The minimum atomic E-state index is -0.305. The first-order chi connectivity index (χ1) is 14.2. The molecular formula is C21H23N5O3. The molecule has 3 N–H and O–H groups in total. The number of benzene rings is 1. The van der Waals surface area contributed by atoms with Crippen LogP contribution in [-0.2, 0) is 0 Å². The maximum absolute atomic E-state index is 9.70. The maximum Gasteiger partial charge on any atom is 0.246 e. The molecule has 3 aromatic rings. The number of hydrogen-bond donors (Lipinski definition) is 3. The van der Waals surface area contributed by atoms with E-state index in [0.29, 0.717) is 42.7 Å². The number of aromatic nitrogens is 3. The number of aliphatic hydroxyl groups excluding tert-OH is 1. The summed E-state index contributed by atoms with van der Waals surface area (Å²) in [5.74, 6) is 2.34. The molecule has 3 heterocycles. The van der Waals surface area contributed by atoms with Gasteiger partial charge in [-0.15, -0.1) is 0 Å². The molecule has 4 rings (SSSR count). The molecule has 2 atom stereocenters. The van der Waals surface area contributed by atoms with E-state index in [0.717, 1.165) is 11.3 Å². The fourth-order valence-corrected chi connectivity index (χ4v) is 3.14. The van der Waals surface area contributed by atoms with Crippen molar-refractivity contribution in [3.8, 4) is 28.8 Å². The summed E-state index contributed by atoms with van der Waals surface area (Å²) < 4.78 is 11.2. The first kappa shape index (κ1) is 19.1. The van der Waals surface area contributed by atoms with Crippen molar-refractivity contribution in [2.24, 2.45) is 0 Å². The summed E-state index contributed by atoms with van der Waals surface area (Å²) in [5, 5.41) is 16.3. The molecule has 1 saturated heterocycles. The fraction of sp³-hybridized carbons (Fsp3) is 0.286. The summed E-state index contributed by atoms with van der Waals surface area (Å²) in [5.41, 5.74) is 1.48. The van der Waals surface area contributed by atoms with Gasteiger partial charge in [0.1, 0.15) is 17.2 Å². The van der Waals surface area contributed by atoms with Gasteiger partial charge < -0.3 is 25.2 Å². The van der Waals surface area contributed by atoms with Crippen LogP contribution in [0.3, 0.4) is 0 Å². The highest BCUT2D eigenvalue weighted by Gasteiger charge is 2.22. The Morgan fingerprint density at radius 2 is 2.00 bits per heavy atom. The van der Waals surface area contributed by atoms with Crippen LogP contribution in [0.4, 0.5) is 5.69 Å². The van der Waals surface area contributed by atoms with Crippen molar-refractivity contribution in [1.29, 1.82) is 0 Å². The first-order valence-corrected chi connectivity index (χ1v) is 9.46. The summed E-state index contributed by atoms with van der Waals surface area (Å²) in [6, 6.07) is 11.2. The molecule has 29 heavy (non-hydrogen) atoms. The monoisotopic (exact) mass is 393 g/mol. The number of rotatable bonds is 7. The van der Waals surface area contributed by atoms with Crippen LogP contribution in [-0.4, -0.2) is 52.4 Å². The van der Waals surface area contributed by atoms with Gasteiger partial charge in [-0.1, -0.05) is 0 Å². The van der Waals surface area contributed by atoms with Crippen molar-refractivity contribution in [2.45, 2.75) is 18.6 Å². The maximum atomic E-state index is 9.70. The molecule has 0 aliphatic carbocycles. The van der Waals surface area contributed by atoms with Crippen molar-refractivity contribution in [2.75, 3.05) is 25.5 Å². The van der Waals surface area contributed by atoms with Gasteiger partial charge in [0, 0.05) is 37.1 Å². The summed E-state index contributed by atoms with van der Waals surface area (Å²) >= 11 is 0. The molecule has 1 aliphatic heterocycles. The van der Waals surface area contributed by atoms with E-state index in [-0.39, 0.29) is 12.1 Å². The van der Waals surface area contributed by atoms with Crippen LogP contribution in [0, 0.1) is 0 Å². The molecule has 0 amide bonds. The second-order valence-electron chi connectivity index (χ2n) is 6.81. The highest BCUT2D eigenvalue weighted by Crippen LogP contribution is 2.30. The van der Waals surface area contributed by atoms with Crippen molar-refractivity contribution in [1.82, 2.24) is 20.3 Å². The van der Waals surface area contributed by atoms with Crippen LogP contribution >= 0.6 is 0 Å². The number of pyridine rings is 1. The second kappa shape index (κ2) is 8.85. The standard InChI is InChI=1S/C21H23N5O3/c1-28-17-4-6-18(7-5-17)29-21-19(24-11-15-9-16(27)12-23-15)13-25-20(26-21)14-3-2-8-22-10-14/h2-8,10,13,15-16,23-24,27H,9,11-12H2,1H3/t15-,16+/m0/s1. The van der Waals surface area contributed by atoms with E-state index < -0.39 is 0 Å². The third kappa shape index (κ3) is 4.79. The predicted octanol–water partition coefficient (Wildman–Crippen LogP) is 2.47. The summed E-state index contributed by atoms with van der Waals surface area (Å²) in [4.78, 5) is 13.2. The quantitative estimate of drug-likeness (QED) is 0.563. The lowest BCUT2D eigenvalue weighted by Gasteiger charge is -2.16. The van der Waals surface area contributed by atoms with Crippen molar-refractivity contribution in [3.63, 3.8) is 0 Å². The van der Waals surface area contributed by atoms with E-state index in [1.807, 2.05) is 36.4 Å². The highest BCUT2D eigenvalue weighted by atomic mass is 16.5. The minimum Gasteiger partial charge on any atom is -0.497 e. The number of nitrogens with one attached hydrogen (secondary N) is 2. The molecule has 0 radical (unpaired) electrons. The van der Waals surface area contributed by atoms with Crippen LogP contribution < -0.4 is 20.1 Å². The largest absolute Gasteiger partial charge is 0.497 e. The molecule has 0 saturated carbocycles. The molecule has 150 valence electrons.